The Morgan fingerprint density at radius 2 is 1.93 bits per heavy atom. The summed E-state index contributed by atoms with van der Waals surface area (Å²) in [5.74, 6) is 3.13. The Morgan fingerprint density at radius 1 is 1.13 bits per heavy atom. The molecular formula is C26H35NO3. The van der Waals surface area contributed by atoms with Gasteiger partial charge in [-0.3, -0.25) is 4.79 Å². The molecule has 0 aromatic heterocycles. The number of carbonyl (C=O) groups excluding carboxylic acids is 1. The maximum atomic E-state index is 13.1. The standard InChI is InChI=1S/C26H35NO3/c1-18(2)30-25-15-21-14-22(26(28)23(21)16-24(25)29-3)13-19-9-11-27(12-10-19)17-20-7-5-4-6-8-20/h4-7,15-16,18-20,22H,8-14,17H2,1-3H3. The van der Waals surface area contributed by atoms with E-state index in [9.17, 15) is 4.79 Å². The van der Waals surface area contributed by atoms with E-state index >= 15 is 0 Å². The summed E-state index contributed by atoms with van der Waals surface area (Å²) in [6.07, 6.45) is 14.4. The van der Waals surface area contributed by atoms with E-state index in [4.69, 9.17) is 9.47 Å². The number of Topliss-reactive ketones (excluding diaryl/α,β-unsaturated/α-hetero) is 1. The monoisotopic (exact) mass is 409 g/mol. The van der Waals surface area contributed by atoms with Crippen LogP contribution in [0.25, 0.3) is 0 Å². The highest BCUT2D eigenvalue weighted by Crippen LogP contribution is 2.40. The van der Waals surface area contributed by atoms with Gasteiger partial charge in [-0.05, 0) is 88.6 Å². The van der Waals surface area contributed by atoms with Crippen molar-refractivity contribution in [2.24, 2.45) is 17.8 Å². The predicted octanol–water partition coefficient (Wildman–Crippen LogP) is 5.07. The van der Waals surface area contributed by atoms with E-state index in [1.165, 1.54) is 19.4 Å². The van der Waals surface area contributed by atoms with Crippen molar-refractivity contribution in [3.05, 3.63) is 47.6 Å². The summed E-state index contributed by atoms with van der Waals surface area (Å²) in [5.41, 5.74) is 1.96. The number of ether oxygens (including phenoxy) is 2. The molecule has 2 aliphatic carbocycles. The number of carbonyl (C=O) groups is 1. The number of methoxy groups -OCH3 is 1. The molecule has 2 unspecified atom stereocenters. The number of likely N-dealkylation sites (tertiary alicyclic amines) is 1. The van der Waals surface area contributed by atoms with Gasteiger partial charge in [0.05, 0.1) is 13.2 Å². The lowest BCUT2D eigenvalue weighted by Gasteiger charge is -2.34. The van der Waals surface area contributed by atoms with Gasteiger partial charge < -0.3 is 14.4 Å². The first-order valence-corrected chi connectivity index (χ1v) is 11.5. The first kappa shape index (κ1) is 21.2. The number of allylic oxidation sites excluding steroid dienone is 3. The first-order valence-electron chi connectivity index (χ1n) is 11.5. The van der Waals surface area contributed by atoms with Crippen LogP contribution in [0.1, 0.15) is 55.5 Å². The van der Waals surface area contributed by atoms with E-state index in [0.29, 0.717) is 23.4 Å². The van der Waals surface area contributed by atoms with Crippen LogP contribution in [0.4, 0.5) is 0 Å². The highest BCUT2D eigenvalue weighted by Gasteiger charge is 2.34. The minimum atomic E-state index is 0.0789. The highest BCUT2D eigenvalue weighted by atomic mass is 16.5. The van der Waals surface area contributed by atoms with E-state index in [1.54, 1.807) is 7.11 Å². The zero-order chi connectivity index (χ0) is 21.1. The summed E-state index contributed by atoms with van der Waals surface area (Å²) in [6.45, 7) is 7.50. The summed E-state index contributed by atoms with van der Waals surface area (Å²) in [4.78, 5) is 15.7. The Balaban J connectivity index is 1.33. The summed E-state index contributed by atoms with van der Waals surface area (Å²) in [7, 11) is 1.64. The van der Waals surface area contributed by atoms with Crippen molar-refractivity contribution >= 4 is 5.78 Å². The summed E-state index contributed by atoms with van der Waals surface area (Å²) in [6, 6.07) is 3.92. The number of rotatable bonds is 7. The van der Waals surface area contributed by atoms with Gasteiger partial charge in [-0.15, -0.1) is 0 Å². The van der Waals surface area contributed by atoms with E-state index in [-0.39, 0.29) is 12.0 Å². The summed E-state index contributed by atoms with van der Waals surface area (Å²) in [5, 5.41) is 0. The van der Waals surface area contributed by atoms with Gasteiger partial charge in [-0.2, -0.15) is 0 Å². The Hall–Kier alpha value is -2.07. The predicted molar refractivity (Wildman–Crippen MR) is 120 cm³/mol. The van der Waals surface area contributed by atoms with Gasteiger partial charge in [-0.1, -0.05) is 24.3 Å². The lowest BCUT2D eigenvalue weighted by molar-refractivity contribution is 0.0894. The third-order valence-corrected chi connectivity index (χ3v) is 6.74. The Morgan fingerprint density at radius 3 is 2.60 bits per heavy atom. The Labute approximate surface area is 180 Å². The lowest BCUT2D eigenvalue weighted by Crippen LogP contribution is -2.37. The van der Waals surface area contributed by atoms with Crippen molar-refractivity contribution in [2.45, 2.75) is 52.1 Å². The molecule has 4 heteroatoms. The lowest BCUT2D eigenvalue weighted by atomic mass is 9.85. The Kier molecular flexibility index (Phi) is 6.62. The fraction of sp³-hybridized carbons (Fsp3) is 0.577. The fourth-order valence-electron chi connectivity index (χ4n) is 5.18. The fourth-order valence-corrected chi connectivity index (χ4v) is 5.18. The van der Waals surface area contributed by atoms with Gasteiger partial charge in [0.1, 0.15) is 0 Å². The summed E-state index contributed by atoms with van der Waals surface area (Å²) >= 11 is 0. The summed E-state index contributed by atoms with van der Waals surface area (Å²) < 4.78 is 11.4. The highest BCUT2D eigenvalue weighted by molar-refractivity contribution is 6.02. The third-order valence-electron chi connectivity index (χ3n) is 6.74. The molecule has 4 nitrogen and oxygen atoms in total. The van der Waals surface area contributed by atoms with Crippen LogP contribution < -0.4 is 9.47 Å². The van der Waals surface area contributed by atoms with Crippen LogP contribution in [0.3, 0.4) is 0 Å². The minimum absolute atomic E-state index is 0.0789. The van der Waals surface area contributed by atoms with Crippen molar-refractivity contribution in [3.8, 4) is 11.5 Å². The Bertz CT molecular complexity index is 818. The molecule has 2 atom stereocenters. The van der Waals surface area contributed by atoms with Gasteiger partial charge in [0.15, 0.2) is 17.3 Å². The topological polar surface area (TPSA) is 38.8 Å². The second-order valence-electron chi connectivity index (χ2n) is 9.38. The number of hydrogen-bond acceptors (Lipinski definition) is 4. The second-order valence-corrected chi connectivity index (χ2v) is 9.38. The SMILES string of the molecule is COc1cc2c(cc1OC(C)C)CC(CC1CCN(CC3C=CC=CC3)CC1)C2=O. The van der Waals surface area contributed by atoms with Crippen molar-refractivity contribution in [1.82, 2.24) is 4.90 Å². The van der Waals surface area contributed by atoms with Gasteiger partial charge in [0.25, 0.3) is 0 Å². The molecule has 4 rings (SSSR count). The van der Waals surface area contributed by atoms with Crippen LogP contribution in [0, 0.1) is 17.8 Å². The number of nitrogens with zero attached hydrogens (tertiary/aromatic N) is 1. The van der Waals surface area contributed by atoms with E-state index < -0.39 is 0 Å². The molecule has 3 aliphatic rings. The molecule has 0 spiro atoms. The van der Waals surface area contributed by atoms with Crippen molar-refractivity contribution < 1.29 is 14.3 Å². The average molecular weight is 410 g/mol. The molecule has 1 aromatic rings. The van der Waals surface area contributed by atoms with Crippen LogP contribution in [0.5, 0.6) is 11.5 Å². The smallest absolute Gasteiger partial charge is 0.166 e. The molecule has 0 bridgehead atoms. The quantitative estimate of drug-likeness (QED) is 0.630. The molecule has 0 amide bonds. The molecule has 0 saturated carbocycles. The molecule has 162 valence electrons. The molecule has 1 heterocycles. The van der Waals surface area contributed by atoms with Gasteiger partial charge in [0, 0.05) is 18.0 Å². The molecule has 0 radical (unpaired) electrons. The van der Waals surface area contributed by atoms with E-state index in [2.05, 4.69) is 29.2 Å². The van der Waals surface area contributed by atoms with Crippen LogP contribution >= 0.6 is 0 Å². The second kappa shape index (κ2) is 9.38. The number of hydrogen-bond donors (Lipinski definition) is 0. The number of benzene rings is 1. The average Bonchev–Trinajstić information content (AvgIpc) is 3.03. The molecule has 1 saturated heterocycles. The van der Waals surface area contributed by atoms with Crippen LogP contribution in [0.15, 0.2) is 36.4 Å². The molecule has 1 aromatic carbocycles. The largest absolute Gasteiger partial charge is 0.493 e. The third kappa shape index (κ3) is 4.80. The number of piperidine rings is 1. The maximum absolute atomic E-state index is 13.1. The van der Waals surface area contributed by atoms with Crippen molar-refractivity contribution in [2.75, 3.05) is 26.7 Å². The normalized spacial score (nSPS) is 24.5. The van der Waals surface area contributed by atoms with E-state index in [1.807, 2.05) is 26.0 Å². The van der Waals surface area contributed by atoms with Crippen LogP contribution in [0.2, 0.25) is 0 Å². The number of fused-ring (bicyclic) bond motifs is 1. The molecule has 1 fully saturated rings. The van der Waals surface area contributed by atoms with Crippen LogP contribution in [-0.4, -0.2) is 43.5 Å². The molecule has 1 aliphatic heterocycles. The van der Waals surface area contributed by atoms with Gasteiger partial charge in [-0.25, -0.2) is 0 Å². The van der Waals surface area contributed by atoms with Gasteiger partial charge in [0.2, 0.25) is 0 Å². The van der Waals surface area contributed by atoms with Gasteiger partial charge >= 0.3 is 0 Å². The zero-order valence-electron chi connectivity index (χ0n) is 18.6. The number of ketones is 1. The zero-order valence-corrected chi connectivity index (χ0v) is 18.6. The molecular weight excluding hydrogens is 374 g/mol. The maximum Gasteiger partial charge on any atom is 0.166 e. The first-order chi connectivity index (χ1) is 14.5. The van der Waals surface area contributed by atoms with Crippen molar-refractivity contribution in [3.63, 3.8) is 0 Å². The van der Waals surface area contributed by atoms with Crippen molar-refractivity contribution in [1.29, 1.82) is 0 Å². The molecule has 30 heavy (non-hydrogen) atoms. The van der Waals surface area contributed by atoms with E-state index in [0.717, 1.165) is 49.2 Å². The van der Waals surface area contributed by atoms with Crippen LogP contribution in [-0.2, 0) is 6.42 Å². The minimum Gasteiger partial charge on any atom is -0.493 e. The molecule has 0 N–H and O–H groups in total.